The van der Waals surface area contributed by atoms with Gasteiger partial charge in [-0.15, -0.1) is 10.2 Å². The smallest absolute Gasteiger partial charge is 0.347 e. The number of rotatable bonds is 6. The van der Waals surface area contributed by atoms with E-state index in [2.05, 4.69) is 10.2 Å². The molecule has 0 amide bonds. The van der Waals surface area contributed by atoms with Gasteiger partial charge in [-0.2, -0.15) is 0 Å². The SMILES string of the molecule is C[C@@H](Oc1ccccc1)C(=O)OCc1nnc(-c2ccc(F)cc2)o1. The Morgan fingerprint density at radius 3 is 2.56 bits per heavy atom. The van der Waals surface area contributed by atoms with Crippen LogP contribution in [-0.4, -0.2) is 22.3 Å². The zero-order valence-corrected chi connectivity index (χ0v) is 13.4. The molecular formula is C18H15FN2O4. The highest BCUT2D eigenvalue weighted by Gasteiger charge is 2.18. The van der Waals surface area contributed by atoms with Crippen LogP contribution in [0.3, 0.4) is 0 Å². The van der Waals surface area contributed by atoms with Crippen molar-refractivity contribution in [3.05, 3.63) is 66.3 Å². The number of carbonyl (C=O) groups is 1. The molecule has 0 fully saturated rings. The molecule has 0 spiro atoms. The lowest BCUT2D eigenvalue weighted by Gasteiger charge is -2.12. The van der Waals surface area contributed by atoms with Crippen molar-refractivity contribution in [3.8, 4) is 17.2 Å². The molecule has 1 aromatic heterocycles. The minimum Gasteiger partial charge on any atom is -0.479 e. The molecule has 0 aliphatic carbocycles. The van der Waals surface area contributed by atoms with Crippen LogP contribution in [-0.2, 0) is 16.1 Å². The van der Waals surface area contributed by atoms with E-state index in [1.54, 1.807) is 19.1 Å². The molecule has 6 nitrogen and oxygen atoms in total. The van der Waals surface area contributed by atoms with Crippen LogP contribution in [0.5, 0.6) is 5.75 Å². The van der Waals surface area contributed by atoms with Gasteiger partial charge in [-0.05, 0) is 43.3 Å². The van der Waals surface area contributed by atoms with Crippen LogP contribution in [0.4, 0.5) is 4.39 Å². The van der Waals surface area contributed by atoms with Gasteiger partial charge in [0.25, 0.3) is 5.89 Å². The Labute approximate surface area is 143 Å². The molecular weight excluding hydrogens is 327 g/mol. The first-order chi connectivity index (χ1) is 12.1. The maximum atomic E-state index is 12.9. The number of carbonyl (C=O) groups excluding carboxylic acids is 1. The quantitative estimate of drug-likeness (QED) is 0.639. The first-order valence-electron chi connectivity index (χ1n) is 7.58. The molecule has 0 saturated carbocycles. The third kappa shape index (κ3) is 4.41. The lowest BCUT2D eigenvalue weighted by Crippen LogP contribution is -2.26. The molecule has 0 aliphatic heterocycles. The highest BCUT2D eigenvalue weighted by atomic mass is 19.1. The van der Waals surface area contributed by atoms with Crippen LogP contribution in [0, 0.1) is 5.82 Å². The number of aromatic nitrogens is 2. The third-order valence-electron chi connectivity index (χ3n) is 3.28. The van der Waals surface area contributed by atoms with Gasteiger partial charge in [-0.3, -0.25) is 0 Å². The fourth-order valence-corrected chi connectivity index (χ4v) is 2.02. The fraction of sp³-hybridized carbons (Fsp3) is 0.167. The minimum absolute atomic E-state index is 0.139. The summed E-state index contributed by atoms with van der Waals surface area (Å²) in [6, 6.07) is 14.6. The van der Waals surface area contributed by atoms with E-state index in [-0.39, 0.29) is 24.2 Å². The molecule has 0 bridgehead atoms. The number of para-hydroxylation sites is 1. The predicted molar refractivity (Wildman–Crippen MR) is 86.0 cm³/mol. The normalized spacial score (nSPS) is 11.8. The molecule has 2 aromatic carbocycles. The van der Waals surface area contributed by atoms with Crippen molar-refractivity contribution in [2.75, 3.05) is 0 Å². The second-order valence-electron chi connectivity index (χ2n) is 5.19. The van der Waals surface area contributed by atoms with Gasteiger partial charge in [0.1, 0.15) is 11.6 Å². The van der Waals surface area contributed by atoms with E-state index in [0.29, 0.717) is 11.3 Å². The van der Waals surface area contributed by atoms with Gasteiger partial charge in [0.15, 0.2) is 12.7 Å². The topological polar surface area (TPSA) is 74.5 Å². The first-order valence-corrected chi connectivity index (χ1v) is 7.58. The molecule has 0 radical (unpaired) electrons. The van der Waals surface area contributed by atoms with E-state index in [4.69, 9.17) is 13.9 Å². The average molecular weight is 342 g/mol. The molecule has 3 aromatic rings. The summed E-state index contributed by atoms with van der Waals surface area (Å²) in [6.45, 7) is 1.42. The molecule has 1 heterocycles. The predicted octanol–water partition coefficient (Wildman–Crippen LogP) is 3.39. The van der Waals surface area contributed by atoms with Gasteiger partial charge in [-0.1, -0.05) is 18.2 Å². The fourth-order valence-electron chi connectivity index (χ4n) is 2.02. The van der Waals surface area contributed by atoms with Crippen LogP contribution in [0.25, 0.3) is 11.5 Å². The summed E-state index contributed by atoms with van der Waals surface area (Å²) in [5.74, 6) is 0.0257. The second kappa shape index (κ2) is 7.57. The number of nitrogens with zero attached hydrogens (tertiary/aromatic N) is 2. The van der Waals surface area contributed by atoms with Crippen LogP contribution < -0.4 is 4.74 Å². The molecule has 3 rings (SSSR count). The first kappa shape index (κ1) is 16.6. The van der Waals surface area contributed by atoms with Gasteiger partial charge in [0.2, 0.25) is 5.89 Å². The van der Waals surface area contributed by atoms with E-state index in [9.17, 15) is 9.18 Å². The Morgan fingerprint density at radius 2 is 1.84 bits per heavy atom. The van der Waals surface area contributed by atoms with Crippen LogP contribution in [0.15, 0.2) is 59.0 Å². The molecule has 0 N–H and O–H groups in total. The summed E-state index contributed by atoms with van der Waals surface area (Å²) in [7, 11) is 0. The van der Waals surface area contributed by atoms with Gasteiger partial charge < -0.3 is 13.9 Å². The summed E-state index contributed by atoms with van der Waals surface area (Å²) in [5.41, 5.74) is 0.576. The minimum atomic E-state index is -0.776. The van der Waals surface area contributed by atoms with Crippen molar-refractivity contribution in [1.82, 2.24) is 10.2 Å². The lowest BCUT2D eigenvalue weighted by molar-refractivity contribution is -0.153. The Hall–Kier alpha value is -3.22. The number of benzene rings is 2. The van der Waals surface area contributed by atoms with E-state index >= 15 is 0 Å². The zero-order valence-electron chi connectivity index (χ0n) is 13.4. The Balaban J connectivity index is 1.54. The summed E-state index contributed by atoms with van der Waals surface area (Å²) in [6.07, 6.45) is -0.776. The third-order valence-corrected chi connectivity index (χ3v) is 3.28. The number of ether oxygens (including phenoxy) is 2. The van der Waals surface area contributed by atoms with Crippen molar-refractivity contribution in [2.45, 2.75) is 19.6 Å². The maximum absolute atomic E-state index is 12.9. The summed E-state index contributed by atoms with van der Waals surface area (Å²) < 4.78 is 28.9. The van der Waals surface area contributed by atoms with Gasteiger partial charge in [-0.25, -0.2) is 9.18 Å². The molecule has 0 saturated heterocycles. The maximum Gasteiger partial charge on any atom is 0.347 e. The highest BCUT2D eigenvalue weighted by Crippen LogP contribution is 2.18. The van der Waals surface area contributed by atoms with E-state index in [1.165, 1.54) is 24.3 Å². The van der Waals surface area contributed by atoms with Crippen molar-refractivity contribution in [2.24, 2.45) is 0 Å². The van der Waals surface area contributed by atoms with E-state index in [0.717, 1.165) is 0 Å². The highest BCUT2D eigenvalue weighted by molar-refractivity contribution is 5.74. The van der Waals surface area contributed by atoms with Crippen molar-refractivity contribution in [1.29, 1.82) is 0 Å². The molecule has 7 heteroatoms. The van der Waals surface area contributed by atoms with Crippen LogP contribution in [0.1, 0.15) is 12.8 Å². The standard InChI is InChI=1S/C18H15FN2O4/c1-12(24-15-5-3-2-4-6-15)18(22)23-11-16-20-21-17(25-16)13-7-9-14(19)10-8-13/h2-10,12H,11H2,1H3/t12-/m1/s1. The van der Waals surface area contributed by atoms with Gasteiger partial charge in [0, 0.05) is 5.56 Å². The Bertz CT molecular complexity index is 834. The van der Waals surface area contributed by atoms with Gasteiger partial charge in [0.05, 0.1) is 0 Å². The lowest BCUT2D eigenvalue weighted by atomic mass is 10.2. The van der Waals surface area contributed by atoms with Crippen LogP contribution >= 0.6 is 0 Å². The molecule has 25 heavy (non-hydrogen) atoms. The molecule has 128 valence electrons. The molecule has 0 aliphatic rings. The molecule has 0 unspecified atom stereocenters. The second-order valence-corrected chi connectivity index (χ2v) is 5.19. The summed E-state index contributed by atoms with van der Waals surface area (Å²) >= 11 is 0. The van der Waals surface area contributed by atoms with Crippen molar-refractivity contribution < 1.29 is 23.1 Å². The number of hydrogen-bond donors (Lipinski definition) is 0. The monoisotopic (exact) mass is 342 g/mol. The molecule has 1 atom stereocenters. The summed E-state index contributed by atoms with van der Waals surface area (Å²) in [4.78, 5) is 12.0. The average Bonchev–Trinajstić information content (AvgIpc) is 3.10. The van der Waals surface area contributed by atoms with Crippen molar-refractivity contribution in [3.63, 3.8) is 0 Å². The largest absolute Gasteiger partial charge is 0.479 e. The zero-order chi connectivity index (χ0) is 17.6. The van der Waals surface area contributed by atoms with E-state index < -0.39 is 12.1 Å². The van der Waals surface area contributed by atoms with Gasteiger partial charge >= 0.3 is 5.97 Å². The van der Waals surface area contributed by atoms with E-state index in [1.807, 2.05) is 18.2 Å². The Kier molecular flexibility index (Phi) is 5.03. The Morgan fingerprint density at radius 1 is 1.12 bits per heavy atom. The number of hydrogen-bond acceptors (Lipinski definition) is 6. The van der Waals surface area contributed by atoms with Crippen molar-refractivity contribution >= 4 is 5.97 Å². The van der Waals surface area contributed by atoms with Crippen LogP contribution in [0.2, 0.25) is 0 Å². The number of esters is 1. The summed E-state index contributed by atoms with van der Waals surface area (Å²) in [5, 5.41) is 7.65. The number of halogens is 1.